The Kier molecular flexibility index (Phi) is 1.60. The number of fused-ring (bicyclic) bond motifs is 2. The van der Waals surface area contributed by atoms with Crippen LogP contribution < -0.4 is 5.32 Å². The van der Waals surface area contributed by atoms with Crippen molar-refractivity contribution in [1.82, 2.24) is 5.32 Å². The molecule has 1 aliphatic heterocycles. The summed E-state index contributed by atoms with van der Waals surface area (Å²) in [5, 5.41) is 3.27. The highest BCUT2D eigenvalue weighted by Crippen LogP contribution is 2.35. The molecule has 3 atom stereocenters. The van der Waals surface area contributed by atoms with Crippen LogP contribution in [-0.4, -0.2) is 25.2 Å². The van der Waals surface area contributed by atoms with Crippen molar-refractivity contribution in [3.8, 4) is 0 Å². The summed E-state index contributed by atoms with van der Waals surface area (Å²) in [5.41, 5.74) is 0. The van der Waals surface area contributed by atoms with Gasteiger partial charge < -0.3 is 10.1 Å². The van der Waals surface area contributed by atoms with Crippen molar-refractivity contribution < 1.29 is 9.53 Å². The van der Waals surface area contributed by atoms with Crippen LogP contribution in [0.2, 0.25) is 0 Å². The van der Waals surface area contributed by atoms with Gasteiger partial charge in [-0.25, -0.2) is 0 Å². The number of nitrogens with one attached hydrogen (secondary N) is 1. The predicted molar refractivity (Wildman–Crippen MR) is 40.1 cm³/mol. The van der Waals surface area contributed by atoms with E-state index in [9.17, 15) is 4.79 Å². The maximum atomic E-state index is 11.1. The second-order valence-electron chi connectivity index (χ2n) is 3.44. The van der Waals surface area contributed by atoms with E-state index >= 15 is 0 Å². The second-order valence-corrected chi connectivity index (χ2v) is 3.44. The van der Waals surface area contributed by atoms with Gasteiger partial charge in [-0.3, -0.25) is 4.79 Å². The van der Waals surface area contributed by atoms with Crippen molar-refractivity contribution >= 4 is 5.97 Å². The standard InChI is InChI=1S/C8H13NO2/c1-11-8(10)7-5-2-3-6(4-5)9-7/h5-7,9H,2-4H2,1H3/t5?,6?,7-/m0/s1. The van der Waals surface area contributed by atoms with Crippen LogP contribution in [0.15, 0.2) is 0 Å². The highest BCUT2D eigenvalue weighted by atomic mass is 16.5. The van der Waals surface area contributed by atoms with Gasteiger partial charge in [-0.15, -0.1) is 0 Å². The fraction of sp³-hybridized carbons (Fsp3) is 0.875. The molecule has 1 saturated carbocycles. The average molecular weight is 155 g/mol. The van der Waals surface area contributed by atoms with E-state index in [1.54, 1.807) is 0 Å². The van der Waals surface area contributed by atoms with Crippen molar-refractivity contribution in [2.24, 2.45) is 5.92 Å². The number of hydrogen-bond donors (Lipinski definition) is 1. The van der Waals surface area contributed by atoms with Gasteiger partial charge in [-0.2, -0.15) is 0 Å². The first-order chi connectivity index (χ1) is 5.31. The quantitative estimate of drug-likeness (QED) is 0.553. The number of carbonyl (C=O) groups is 1. The molecule has 2 aliphatic rings. The number of rotatable bonds is 1. The first-order valence-electron chi connectivity index (χ1n) is 4.15. The molecule has 2 rings (SSSR count). The number of carbonyl (C=O) groups excluding carboxylic acids is 1. The maximum Gasteiger partial charge on any atom is 0.323 e. The fourth-order valence-electron chi connectivity index (χ4n) is 2.25. The summed E-state index contributed by atoms with van der Waals surface area (Å²) in [6.45, 7) is 0. The zero-order valence-corrected chi connectivity index (χ0v) is 6.67. The number of methoxy groups -OCH3 is 1. The molecule has 1 saturated heterocycles. The van der Waals surface area contributed by atoms with Gasteiger partial charge in [-0.05, 0) is 25.2 Å². The largest absolute Gasteiger partial charge is 0.468 e. The Hall–Kier alpha value is -0.570. The van der Waals surface area contributed by atoms with Crippen LogP contribution >= 0.6 is 0 Å². The lowest BCUT2D eigenvalue weighted by atomic mass is 10.0. The van der Waals surface area contributed by atoms with Gasteiger partial charge in [0.2, 0.25) is 0 Å². The number of ether oxygens (including phenoxy) is 1. The topological polar surface area (TPSA) is 38.3 Å². The molecule has 3 nitrogen and oxygen atoms in total. The summed E-state index contributed by atoms with van der Waals surface area (Å²) < 4.78 is 4.69. The summed E-state index contributed by atoms with van der Waals surface area (Å²) in [5.74, 6) is 0.463. The Morgan fingerprint density at radius 3 is 2.82 bits per heavy atom. The number of piperidine rings is 1. The van der Waals surface area contributed by atoms with Gasteiger partial charge in [0.25, 0.3) is 0 Å². The highest BCUT2D eigenvalue weighted by Gasteiger charge is 2.43. The average Bonchev–Trinajstić information content (AvgIpc) is 2.62. The Bertz CT molecular complexity index is 181. The van der Waals surface area contributed by atoms with Crippen LogP contribution in [0.5, 0.6) is 0 Å². The monoisotopic (exact) mass is 155 g/mol. The van der Waals surface area contributed by atoms with E-state index in [1.807, 2.05) is 0 Å². The van der Waals surface area contributed by atoms with Crippen molar-refractivity contribution in [1.29, 1.82) is 0 Å². The SMILES string of the molecule is COC(=O)[C@H]1NC2CCC1C2. The smallest absolute Gasteiger partial charge is 0.323 e. The fourth-order valence-corrected chi connectivity index (χ4v) is 2.25. The number of hydrogen-bond acceptors (Lipinski definition) is 3. The lowest BCUT2D eigenvalue weighted by Crippen LogP contribution is -2.42. The van der Waals surface area contributed by atoms with Crippen molar-refractivity contribution in [3.05, 3.63) is 0 Å². The summed E-state index contributed by atoms with van der Waals surface area (Å²) in [4.78, 5) is 11.1. The van der Waals surface area contributed by atoms with Gasteiger partial charge in [0.05, 0.1) is 7.11 Å². The summed E-state index contributed by atoms with van der Waals surface area (Å²) in [7, 11) is 1.45. The Balaban J connectivity index is 2.02. The van der Waals surface area contributed by atoms with E-state index in [2.05, 4.69) is 10.1 Å². The minimum Gasteiger partial charge on any atom is -0.468 e. The minimum absolute atomic E-state index is 0.00116. The van der Waals surface area contributed by atoms with Gasteiger partial charge in [0.15, 0.2) is 0 Å². The third-order valence-corrected chi connectivity index (χ3v) is 2.81. The highest BCUT2D eigenvalue weighted by molar-refractivity contribution is 5.76. The molecule has 0 aromatic heterocycles. The first kappa shape index (κ1) is 7.10. The molecule has 2 bridgehead atoms. The lowest BCUT2D eigenvalue weighted by molar-refractivity contribution is -0.144. The molecule has 2 fully saturated rings. The van der Waals surface area contributed by atoms with E-state index in [-0.39, 0.29) is 12.0 Å². The minimum atomic E-state index is -0.0859. The first-order valence-corrected chi connectivity index (χ1v) is 4.15. The van der Waals surface area contributed by atoms with Gasteiger partial charge in [-0.1, -0.05) is 0 Å². The molecule has 0 aromatic carbocycles. The molecule has 1 N–H and O–H groups in total. The normalized spacial score (nSPS) is 41.0. The van der Waals surface area contributed by atoms with E-state index in [1.165, 1.54) is 26.4 Å². The van der Waals surface area contributed by atoms with Crippen LogP contribution in [0.4, 0.5) is 0 Å². The van der Waals surface area contributed by atoms with Crippen LogP contribution in [0.3, 0.4) is 0 Å². The maximum absolute atomic E-state index is 11.1. The van der Waals surface area contributed by atoms with E-state index in [4.69, 9.17) is 0 Å². The molecule has 3 heteroatoms. The lowest BCUT2D eigenvalue weighted by Gasteiger charge is -2.20. The summed E-state index contributed by atoms with van der Waals surface area (Å²) >= 11 is 0. The zero-order valence-electron chi connectivity index (χ0n) is 6.67. The molecule has 62 valence electrons. The molecule has 0 spiro atoms. The molecule has 11 heavy (non-hydrogen) atoms. The molecular formula is C8H13NO2. The van der Waals surface area contributed by atoms with Gasteiger partial charge >= 0.3 is 5.97 Å². The van der Waals surface area contributed by atoms with E-state index in [0.717, 1.165) is 0 Å². The van der Waals surface area contributed by atoms with Crippen LogP contribution in [0, 0.1) is 5.92 Å². The van der Waals surface area contributed by atoms with Crippen LogP contribution in [0.25, 0.3) is 0 Å². The molecular weight excluding hydrogens is 142 g/mol. The summed E-state index contributed by atoms with van der Waals surface area (Å²) in [6, 6.07) is 0.586. The van der Waals surface area contributed by atoms with Gasteiger partial charge in [0, 0.05) is 6.04 Å². The molecule has 0 radical (unpaired) electrons. The third-order valence-electron chi connectivity index (χ3n) is 2.81. The van der Waals surface area contributed by atoms with E-state index in [0.29, 0.717) is 12.0 Å². The van der Waals surface area contributed by atoms with Crippen LogP contribution in [0.1, 0.15) is 19.3 Å². The zero-order chi connectivity index (χ0) is 7.84. The van der Waals surface area contributed by atoms with Crippen molar-refractivity contribution in [2.45, 2.75) is 31.3 Å². The Morgan fingerprint density at radius 1 is 1.55 bits per heavy atom. The summed E-state index contributed by atoms with van der Waals surface area (Å²) in [6.07, 6.45) is 3.59. The Morgan fingerprint density at radius 2 is 2.36 bits per heavy atom. The predicted octanol–water partition coefficient (Wildman–Crippen LogP) is 0.300. The van der Waals surface area contributed by atoms with Gasteiger partial charge in [0.1, 0.15) is 6.04 Å². The van der Waals surface area contributed by atoms with Crippen LogP contribution in [-0.2, 0) is 9.53 Å². The third kappa shape index (κ3) is 1.03. The number of esters is 1. The van der Waals surface area contributed by atoms with Crippen molar-refractivity contribution in [2.75, 3.05) is 7.11 Å². The van der Waals surface area contributed by atoms with Crippen molar-refractivity contribution in [3.63, 3.8) is 0 Å². The molecule has 1 aliphatic carbocycles. The molecule has 2 unspecified atom stereocenters. The van der Waals surface area contributed by atoms with E-state index < -0.39 is 0 Å². The second kappa shape index (κ2) is 2.48. The molecule has 0 amide bonds. The molecule has 1 heterocycles. The molecule has 0 aromatic rings. The Labute approximate surface area is 66.1 Å².